The normalized spacial score (nSPS) is 18.9. The minimum atomic E-state index is -0.929. The molecule has 1 amide bonds. The number of benzene rings is 1. The van der Waals surface area contributed by atoms with E-state index < -0.39 is 12.0 Å². The van der Waals surface area contributed by atoms with Crippen LogP contribution in [-0.2, 0) is 16.0 Å². The number of carbonyl (C=O) groups is 2. The second-order valence-corrected chi connectivity index (χ2v) is 4.46. The summed E-state index contributed by atoms with van der Waals surface area (Å²) in [5.74, 6) is -1.10. The van der Waals surface area contributed by atoms with Gasteiger partial charge >= 0.3 is 5.97 Å². The van der Waals surface area contributed by atoms with Crippen LogP contribution in [0.1, 0.15) is 18.4 Å². The summed E-state index contributed by atoms with van der Waals surface area (Å²) < 4.78 is 0. The number of carbonyl (C=O) groups excluding carboxylic acids is 1. The Bertz CT molecular complexity index is 473. The summed E-state index contributed by atoms with van der Waals surface area (Å²) in [4.78, 5) is 24.5. The molecule has 5 heteroatoms. The van der Waals surface area contributed by atoms with Crippen LogP contribution in [0.5, 0.6) is 0 Å². The van der Waals surface area contributed by atoms with E-state index >= 15 is 0 Å². The Balaban J connectivity index is 2.08. The average molecular weight is 248 g/mol. The zero-order valence-electron chi connectivity index (χ0n) is 10.0. The first-order valence-corrected chi connectivity index (χ1v) is 5.95. The van der Waals surface area contributed by atoms with Crippen molar-refractivity contribution in [3.05, 3.63) is 29.8 Å². The first-order valence-electron chi connectivity index (χ1n) is 5.95. The van der Waals surface area contributed by atoms with E-state index in [1.165, 1.54) is 4.90 Å². The first kappa shape index (κ1) is 12.4. The maximum absolute atomic E-state index is 12.1. The molecular weight excluding hydrogens is 232 g/mol. The number of carboxylic acid groups (broad SMARTS) is 1. The number of anilines is 1. The monoisotopic (exact) mass is 248 g/mol. The van der Waals surface area contributed by atoms with E-state index in [2.05, 4.69) is 0 Å². The van der Waals surface area contributed by atoms with Crippen molar-refractivity contribution < 1.29 is 14.7 Å². The van der Waals surface area contributed by atoms with Crippen molar-refractivity contribution in [3.63, 3.8) is 0 Å². The van der Waals surface area contributed by atoms with Gasteiger partial charge in [0.05, 0.1) is 6.42 Å². The standard InChI is InChI=1S/C13H16N2O3/c14-10-5-2-1-4-9(10)8-12(16)15-7-3-6-11(15)13(17)18/h1-2,4-5,11H,3,6-8,14H2,(H,17,18). The minimum Gasteiger partial charge on any atom is -0.480 e. The van der Waals surface area contributed by atoms with Crippen molar-refractivity contribution in [3.8, 4) is 0 Å². The van der Waals surface area contributed by atoms with E-state index in [4.69, 9.17) is 10.8 Å². The lowest BCUT2D eigenvalue weighted by Crippen LogP contribution is -2.41. The average Bonchev–Trinajstić information content (AvgIpc) is 2.81. The van der Waals surface area contributed by atoms with Gasteiger partial charge in [-0.05, 0) is 24.5 Å². The number of aliphatic carboxylic acids is 1. The van der Waals surface area contributed by atoms with Crippen LogP contribution < -0.4 is 5.73 Å². The van der Waals surface area contributed by atoms with E-state index in [0.717, 1.165) is 12.0 Å². The van der Waals surface area contributed by atoms with Gasteiger partial charge in [-0.3, -0.25) is 4.79 Å². The van der Waals surface area contributed by atoms with Gasteiger partial charge in [-0.15, -0.1) is 0 Å². The van der Waals surface area contributed by atoms with E-state index in [1.807, 2.05) is 6.07 Å². The second-order valence-electron chi connectivity index (χ2n) is 4.46. The largest absolute Gasteiger partial charge is 0.480 e. The number of amides is 1. The van der Waals surface area contributed by atoms with Crippen LogP contribution in [-0.4, -0.2) is 34.5 Å². The van der Waals surface area contributed by atoms with Crippen molar-refractivity contribution in [2.75, 3.05) is 12.3 Å². The Kier molecular flexibility index (Phi) is 3.50. The Morgan fingerprint density at radius 2 is 2.11 bits per heavy atom. The van der Waals surface area contributed by atoms with Crippen molar-refractivity contribution in [2.24, 2.45) is 0 Å². The molecular formula is C13H16N2O3. The van der Waals surface area contributed by atoms with Gasteiger partial charge < -0.3 is 15.7 Å². The van der Waals surface area contributed by atoms with Gasteiger partial charge in [0.2, 0.25) is 5.91 Å². The number of nitrogens with zero attached hydrogens (tertiary/aromatic N) is 1. The Morgan fingerprint density at radius 3 is 2.78 bits per heavy atom. The summed E-state index contributed by atoms with van der Waals surface area (Å²) in [6.07, 6.45) is 1.44. The summed E-state index contributed by atoms with van der Waals surface area (Å²) in [6.45, 7) is 0.516. The lowest BCUT2D eigenvalue weighted by atomic mass is 10.1. The molecule has 1 aromatic carbocycles. The van der Waals surface area contributed by atoms with Gasteiger partial charge in [0.1, 0.15) is 6.04 Å². The predicted octanol–water partition coefficient (Wildman–Crippen LogP) is 0.887. The van der Waals surface area contributed by atoms with Crippen LogP contribution in [0.2, 0.25) is 0 Å². The fraction of sp³-hybridized carbons (Fsp3) is 0.385. The summed E-state index contributed by atoms with van der Waals surface area (Å²) in [7, 11) is 0. The van der Waals surface area contributed by atoms with E-state index in [9.17, 15) is 9.59 Å². The molecule has 0 saturated carbocycles. The summed E-state index contributed by atoms with van der Waals surface area (Å²) in [5, 5.41) is 9.03. The van der Waals surface area contributed by atoms with E-state index in [0.29, 0.717) is 18.7 Å². The maximum Gasteiger partial charge on any atom is 0.326 e. The SMILES string of the molecule is Nc1ccccc1CC(=O)N1CCCC1C(=O)O. The molecule has 1 fully saturated rings. The van der Waals surface area contributed by atoms with Crippen LogP contribution >= 0.6 is 0 Å². The lowest BCUT2D eigenvalue weighted by molar-refractivity contribution is -0.147. The zero-order valence-corrected chi connectivity index (χ0v) is 10.0. The fourth-order valence-electron chi connectivity index (χ4n) is 2.28. The highest BCUT2D eigenvalue weighted by Gasteiger charge is 2.33. The van der Waals surface area contributed by atoms with Gasteiger partial charge in [0.25, 0.3) is 0 Å². The van der Waals surface area contributed by atoms with Gasteiger partial charge in [0.15, 0.2) is 0 Å². The number of hydrogen-bond acceptors (Lipinski definition) is 3. The highest BCUT2D eigenvalue weighted by Crippen LogP contribution is 2.20. The molecule has 0 aliphatic carbocycles. The number of para-hydroxylation sites is 1. The number of nitrogens with two attached hydrogens (primary N) is 1. The molecule has 96 valence electrons. The highest BCUT2D eigenvalue weighted by molar-refractivity contribution is 5.86. The quantitative estimate of drug-likeness (QED) is 0.778. The van der Waals surface area contributed by atoms with Crippen LogP contribution in [0.25, 0.3) is 0 Å². The van der Waals surface area contributed by atoms with E-state index in [-0.39, 0.29) is 12.3 Å². The summed E-state index contributed by atoms with van der Waals surface area (Å²) in [6, 6.07) is 6.47. The number of rotatable bonds is 3. The van der Waals surface area contributed by atoms with Gasteiger partial charge in [0, 0.05) is 12.2 Å². The fourth-order valence-corrected chi connectivity index (χ4v) is 2.28. The molecule has 0 spiro atoms. The summed E-state index contributed by atoms with van der Waals surface area (Å²) >= 11 is 0. The molecule has 0 bridgehead atoms. The maximum atomic E-state index is 12.1. The molecule has 2 rings (SSSR count). The molecule has 5 nitrogen and oxygen atoms in total. The van der Waals surface area contributed by atoms with Crippen LogP contribution in [0.4, 0.5) is 5.69 Å². The zero-order chi connectivity index (χ0) is 13.1. The highest BCUT2D eigenvalue weighted by atomic mass is 16.4. The Hall–Kier alpha value is -2.04. The van der Waals surface area contributed by atoms with Crippen LogP contribution in [0, 0.1) is 0 Å². The number of hydrogen-bond donors (Lipinski definition) is 2. The molecule has 1 aliphatic heterocycles. The topological polar surface area (TPSA) is 83.6 Å². The smallest absolute Gasteiger partial charge is 0.326 e. The number of nitrogen functional groups attached to an aromatic ring is 1. The molecule has 0 radical (unpaired) electrons. The molecule has 1 heterocycles. The van der Waals surface area contributed by atoms with Gasteiger partial charge in [-0.25, -0.2) is 4.79 Å². The number of carboxylic acids is 1. The first-order chi connectivity index (χ1) is 8.59. The van der Waals surface area contributed by atoms with Gasteiger partial charge in [-0.1, -0.05) is 18.2 Å². The van der Waals surface area contributed by atoms with Crippen LogP contribution in [0.15, 0.2) is 24.3 Å². The molecule has 1 aliphatic rings. The van der Waals surface area contributed by atoms with Crippen molar-refractivity contribution in [1.82, 2.24) is 4.90 Å². The van der Waals surface area contributed by atoms with Crippen molar-refractivity contribution >= 4 is 17.6 Å². The van der Waals surface area contributed by atoms with Crippen molar-refractivity contribution in [2.45, 2.75) is 25.3 Å². The molecule has 1 saturated heterocycles. The predicted molar refractivity (Wildman–Crippen MR) is 66.9 cm³/mol. The number of likely N-dealkylation sites (tertiary alicyclic amines) is 1. The second kappa shape index (κ2) is 5.08. The molecule has 1 atom stereocenters. The van der Waals surface area contributed by atoms with E-state index in [1.54, 1.807) is 18.2 Å². The third-order valence-corrected chi connectivity index (χ3v) is 3.25. The molecule has 18 heavy (non-hydrogen) atoms. The summed E-state index contributed by atoms with van der Waals surface area (Å²) in [5.41, 5.74) is 7.09. The minimum absolute atomic E-state index is 0.163. The molecule has 1 unspecified atom stereocenters. The molecule has 3 N–H and O–H groups in total. The Labute approximate surface area is 105 Å². The Morgan fingerprint density at radius 1 is 1.39 bits per heavy atom. The molecule has 0 aromatic heterocycles. The third kappa shape index (κ3) is 2.45. The van der Waals surface area contributed by atoms with Gasteiger partial charge in [-0.2, -0.15) is 0 Å². The third-order valence-electron chi connectivity index (χ3n) is 3.25. The van der Waals surface area contributed by atoms with Crippen LogP contribution in [0.3, 0.4) is 0 Å². The van der Waals surface area contributed by atoms with Crippen molar-refractivity contribution in [1.29, 1.82) is 0 Å². The molecule has 1 aromatic rings. The lowest BCUT2D eigenvalue weighted by Gasteiger charge is -2.21.